The van der Waals surface area contributed by atoms with Crippen molar-refractivity contribution in [2.45, 2.75) is 23.5 Å². The Bertz CT molecular complexity index is 634. The fraction of sp³-hybridized carbons (Fsp3) is 0.353. The first kappa shape index (κ1) is 15.2. The van der Waals surface area contributed by atoms with Crippen LogP contribution in [0.3, 0.4) is 0 Å². The molecular formula is C17H19NO3S. The van der Waals surface area contributed by atoms with Crippen molar-refractivity contribution in [3.8, 4) is 0 Å². The van der Waals surface area contributed by atoms with Gasteiger partial charge in [-0.05, 0) is 31.0 Å². The normalized spacial score (nSPS) is 15.5. The second-order valence-electron chi connectivity index (χ2n) is 5.72. The van der Waals surface area contributed by atoms with Gasteiger partial charge in [0.25, 0.3) is 5.91 Å². The molecule has 116 valence electrons. The third kappa shape index (κ3) is 3.54. The summed E-state index contributed by atoms with van der Waals surface area (Å²) >= 11 is 1.67. The molecular weight excluding hydrogens is 298 g/mol. The number of benzene rings is 1. The predicted octanol–water partition coefficient (Wildman–Crippen LogP) is 3.07. The lowest BCUT2D eigenvalue weighted by Crippen LogP contribution is -2.32. The van der Waals surface area contributed by atoms with Crippen LogP contribution in [0.1, 0.15) is 29.0 Å². The van der Waals surface area contributed by atoms with E-state index in [2.05, 4.69) is 5.32 Å². The zero-order valence-electron chi connectivity index (χ0n) is 12.2. The molecule has 2 N–H and O–H groups in total. The van der Waals surface area contributed by atoms with Gasteiger partial charge in [-0.25, -0.2) is 0 Å². The van der Waals surface area contributed by atoms with Crippen molar-refractivity contribution < 1.29 is 14.3 Å². The zero-order valence-corrected chi connectivity index (χ0v) is 13.1. The van der Waals surface area contributed by atoms with Crippen LogP contribution in [0.15, 0.2) is 52.0 Å². The lowest BCUT2D eigenvalue weighted by atomic mass is 10.1. The van der Waals surface area contributed by atoms with Crippen molar-refractivity contribution in [2.75, 3.05) is 13.2 Å². The minimum Gasteiger partial charge on any atom is -0.459 e. The summed E-state index contributed by atoms with van der Waals surface area (Å²) in [5, 5.41) is 12.2. The number of amides is 1. The van der Waals surface area contributed by atoms with Gasteiger partial charge in [0, 0.05) is 28.2 Å². The van der Waals surface area contributed by atoms with Crippen LogP contribution < -0.4 is 5.32 Å². The number of rotatable bonds is 7. The van der Waals surface area contributed by atoms with E-state index in [1.807, 2.05) is 36.4 Å². The minimum absolute atomic E-state index is 0.0960. The molecule has 4 nitrogen and oxygen atoms in total. The van der Waals surface area contributed by atoms with E-state index in [1.54, 1.807) is 18.0 Å². The maximum atomic E-state index is 12.2. The summed E-state index contributed by atoms with van der Waals surface area (Å²) < 4.78 is 5.35. The Morgan fingerprint density at radius 1 is 1.27 bits per heavy atom. The van der Waals surface area contributed by atoms with Crippen LogP contribution in [0.2, 0.25) is 0 Å². The van der Waals surface area contributed by atoms with Crippen molar-refractivity contribution >= 4 is 17.7 Å². The van der Waals surface area contributed by atoms with Crippen LogP contribution in [0.4, 0.5) is 0 Å². The molecule has 1 saturated carbocycles. The highest BCUT2D eigenvalue weighted by atomic mass is 32.2. The smallest absolute Gasteiger partial charge is 0.287 e. The molecule has 1 heterocycles. The van der Waals surface area contributed by atoms with Crippen molar-refractivity contribution in [3.05, 3.63) is 54.0 Å². The monoisotopic (exact) mass is 317 g/mol. The summed E-state index contributed by atoms with van der Waals surface area (Å²) in [5.74, 6) is 0.861. The highest BCUT2D eigenvalue weighted by Gasteiger charge is 2.42. The van der Waals surface area contributed by atoms with Gasteiger partial charge in [0.05, 0.1) is 12.9 Å². The first-order valence-electron chi connectivity index (χ1n) is 7.36. The lowest BCUT2D eigenvalue weighted by molar-refractivity contribution is 0.0906. The van der Waals surface area contributed by atoms with Gasteiger partial charge in [-0.3, -0.25) is 4.79 Å². The summed E-state index contributed by atoms with van der Waals surface area (Å²) in [6.45, 7) is 0.635. The largest absolute Gasteiger partial charge is 0.459 e. The number of carbonyl (C=O) groups excluding carboxylic acids is 1. The maximum Gasteiger partial charge on any atom is 0.287 e. The summed E-state index contributed by atoms with van der Waals surface area (Å²) in [7, 11) is 0. The first-order chi connectivity index (χ1) is 10.7. The molecule has 0 bridgehead atoms. The van der Waals surface area contributed by atoms with E-state index in [1.165, 1.54) is 0 Å². The Kier molecular flexibility index (Phi) is 4.55. The number of aliphatic hydroxyl groups is 1. The molecule has 1 aromatic heterocycles. The lowest BCUT2D eigenvalue weighted by Gasteiger charge is -2.12. The van der Waals surface area contributed by atoms with E-state index < -0.39 is 0 Å². The molecule has 0 radical (unpaired) electrons. The van der Waals surface area contributed by atoms with E-state index in [9.17, 15) is 9.90 Å². The van der Waals surface area contributed by atoms with E-state index in [4.69, 9.17) is 4.42 Å². The standard InChI is InChI=1S/C17H19NO3S/c19-12-17(7-8-17)11-18-16(20)15-13(6-9-21-15)10-22-14-4-2-1-3-5-14/h1-6,9,19H,7-8,10-12H2,(H,18,20). The molecule has 1 aliphatic rings. The number of furan rings is 1. The van der Waals surface area contributed by atoms with Gasteiger partial charge >= 0.3 is 0 Å². The van der Waals surface area contributed by atoms with Gasteiger partial charge < -0.3 is 14.8 Å². The quantitative estimate of drug-likeness (QED) is 0.770. The average molecular weight is 317 g/mol. The molecule has 0 spiro atoms. The van der Waals surface area contributed by atoms with Crippen LogP contribution in [0, 0.1) is 5.41 Å². The zero-order chi connectivity index (χ0) is 15.4. The first-order valence-corrected chi connectivity index (χ1v) is 8.34. The Morgan fingerprint density at radius 2 is 2.05 bits per heavy atom. The summed E-state index contributed by atoms with van der Waals surface area (Å²) in [4.78, 5) is 13.4. The maximum absolute atomic E-state index is 12.2. The molecule has 2 aromatic rings. The van der Waals surface area contributed by atoms with Crippen LogP contribution in [0.5, 0.6) is 0 Å². The summed E-state index contributed by atoms with van der Waals surface area (Å²) in [6.07, 6.45) is 3.49. The fourth-order valence-electron chi connectivity index (χ4n) is 2.24. The van der Waals surface area contributed by atoms with Crippen LogP contribution >= 0.6 is 11.8 Å². The molecule has 0 atom stereocenters. The van der Waals surface area contributed by atoms with Gasteiger partial charge in [-0.2, -0.15) is 0 Å². The molecule has 3 rings (SSSR count). The van der Waals surface area contributed by atoms with E-state index in [0.717, 1.165) is 23.3 Å². The predicted molar refractivity (Wildman–Crippen MR) is 85.8 cm³/mol. The minimum atomic E-state index is -0.201. The molecule has 1 fully saturated rings. The van der Waals surface area contributed by atoms with Crippen molar-refractivity contribution in [3.63, 3.8) is 0 Å². The Labute approximate surface area is 133 Å². The topological polar surface area (TPSA) is 62.5 Å². The second-order valence-corrected chi connectivity index (χ2v) is 6.77. The summed E-state index contributed by atoms with van der Waals surface area (Å²) in [6, 6.07) is 11.9. The molecule has 0 unspecified atom stereocenters. The van der Waals surface area contributed by atoms with Crippen molar-refractivity contribution in [1.82, 2.24) is 5.32 Å². The van der Waals surface area contributed by atoms with Gasteiger partial charge in [-0.15, -0.1) is 11.8 Å². The third-order valence-electron chi connectivity index (χ3n) is 4.01. The van der Waals surface area contributed by atoms with Crippen molar-refractivity contribution in [2.24, 2.45) is 5.41 Å². The number of carbonyl (C=O) groups is 1. The number of nitrogens with one attached hydrogen (secondary N) is 1. The van der Waals surface area contributed by atoms with Gasteiger partial charge in [0.1, 0.15) is 0 Å². The SMILES string of the molecule is O=C(NCC1(CO)CC1)c1occc1CSc1ccccc1. The molecule has 22 heavy (non-hydrogen) atoms. The Balaban J connectivity index is 1.58. The van der Waals surface area contributed by atoms with Gasteiger partial charge in [0.15, 0.2) is 5.76 Å². The Morgan fingerprint density at radius 3 is 2.73 bits per heavy atom. The number of hydrogen-bond acceptors (Lipinski definition) is 4. The van der Waals surface area contributed by atoms with E-state index >= 15 is 0 Å². The molecule has 1 aliphatic carbocycles. The third-order valence-corrected chi connectivity index (χ3v) is 5.07. The Hall–Kier alpha value is -1.72. The number of aliphatic hydroxyl groups excluding tert-OH is 1. The van der Waals surface area contributed by atoms with E-state index in [-0.39, 0.29) is 17.9 Å². The molecule has 0 saturated heterocycles. The van der Waals surface area contributed by atoms with Crippen LogP contribution in [0.25, 0.3) is 0 Å². The highest BCUT2D eigenvalue weighted by molar-refractivity contribution is 7.98. The molecule has 0 aliphatic heterocycles. The fourth-order valence-corrected chi connectivity index (χ4v) is 3.14. The number of hydrogen-bond donors (Lipinski definition) is 2. The second kappa shape index (κ2) is 6.58. The van der Waals surface area contributed by atoms with Crippen molar-refractivity contribution in [1.29, 1.82) is 0 Å². The van der Waals surface area contributed by atoms with Gasteiger partial charge in [0.2, 0.25) is 0 Å². The van der Waals surface area contributed by atoms with Gasteiger partial charge in [-0.1, -0.05) is 18.2 Å². The highest BCUT2D eigenvalue weighted by Crippen LogP contribution is 2.44. The molecule has 1 aromatic carbocycles. The molecule has 1 amide bonds. The molecule has 5 heteroatoms. The van der Waals surface area contributed by atoms with Crippen LogP contribution in [-0.2, 0) is 5.75 Å². The number of thioether (sulfide) groups is 1. The van der Waals surface area contributed by atoms with Crippen LogP contribution in [-0.4, -0.2) is 24.2 Å². The van der Waals surface area contributed by atoms with E-state index in [0.29, 0.717) is 18.1 Å². The average Bonchev–Trinajstić information content (AvgIpc) is 3.20. The summed E-state index contributed by atoms with van der Waals surface area (Å²) in [5.41, 5.74) is 0.793.